The Morgan fingerprint density at radius 3 is 2.11 bits per heavy atom. The summed E-state index contributed by atoms with van der Waals surface area (Å²) >= 11 is 1.43. The highest BCUT2D eigenvalue weighted by Crippen LogP contribution is 2.33. The molecule has 7 heteroatoms. The summed E-state index contributed by atoms with van der Waals surface area (Å²) < 4.78 is 15.9. The van der Waals surface area contributed by atoms with Gasteiger partial charge in [-0.05, 0) is 50.2 Å². The van der Waals surface area contributed by atoms with Crippen LogP contribution in [-0.4, -0.2) is 32.2 Å². The standard InChI is InChI=1S/C21H22N2O4S/c1-12-17(26-4)10-15(11-18(12)27-5)20(24)23-21-22-19(13(2)28-21)14-6-8-16(25-3)9-7-14/h6-11H,1-5H3,(H,22,23,24). The van der Waals surface area contributed by atoms with Gasteiger partial charge in [-0.15, -0.1) is 11.3 Å². The van der Waals surface area contributed by atoms with Gasteiger partial charge in [0.25, 0.3) is 5.91 Å². The Morgan fingerprint density at radius 2 is 1.57 bits per heavy atom. The van der Waals surface area contributed by atoms with Crippen molar-refractivity contribution in [2.24, 2.45) is 0 Å². The van der Waals surface area contributed by atoms with Crippen molar-refractivity contribution in [3.63, 3.8) is 0 Å². The molecule has 0 spiro atoms. The van der Waals surface area contributed by atoms with Gasteiger partial charge >= 0.3 is 0 Å². The Labute approximate surface area is 168 Å². The van der Waals surface area contributed by atoms with Crippen molar-refractivity contribution in [1.29, 1.82) is 0 Å². The van der Waals surface area contributed by atoms with E-state index in [-0.39, 0.29) is 5.91 Å². The van der Waals surface area contributed by atoms with Crippen LogP contribution in [0.2, 0.25) is 0 Å². The molecule has 3 rings (SSSR count). The summed E-state index contributed by atoms with van der Waals surface area (Å²) in [5.41, 5.74) is 3.09. The lowest BCUT2D eigenvalue weighted by molar-refractivity contribution is 0.102. The second kappa shape index (κ2) is 8.31. The number of benzene rings is 2. The average Bonchev–Trinajstić information content (AvgIpc) is 3.08. The minimum absolute atomic E-state index is 0.272. The normalized spacial score (nSPS) is 10.5. The van der Waals surface area contributed by atoms with Gasteiger partial charge in [0.1, 0.15) is 17.2 Å². The Hall–Kier alpha value is -3.06. The number of hydrogen-bond acceptors (Lipinski definition) is 6. The molecule has 146 valence electrons. The molecule has 0 bridgehead atoms. The fourth-order valence-corrected chi connectivity index (χ4v) is 3.68. The van der Waals surface area contributed by atoms with Crippen molar-refractivity contribution >= 4 is 22.4 Å². The summed E-state index contributed by atoms with van der Waals surface area (Å²) in [5, 5.41) is 3.40. The zero-order chi connectivity index (χ0) is 20.3. The summed E-state index contributed by atoms with van der Waals surface area (Å²) in [6, 6.07) is 11.1. The van der Waals surface area contributed by atoms with E-state index in [9.17, 15) is 4.79 Å². The molecule has 0 unspecified atom stereocenters. The second-order valence-electron chi connectivity index (χ2n) is 6.11. The number of amides is 1. The molecule has 1 N–H and O–H groups in total. The molecule has 1 amide bonds. The van der Waals surface area contributed by atoms with E-state index in [0.717, 1.165) is 27.4 Å². The lowest BCUT2D eigenvalue weighted by atomic mass is 10.1. The van der Waals surface area contributed by atoms with Crippen molar-refractivity contribution in [3.8, 4) is 28.5 Å². The smallest absolute Gasteiger partial charge is 0.257 e. The number of aromatic nitrogens is 1. The van der Waals surface area contributed by atoms with Crippen molar-refractivity contribution in [1.82, 2.24) is 4.98 Å². The van der Waals surface area contributed by atoms with E-state index in [4.69, 9.17) is 14.2 Å². The summed E-state index contributed by atoms with van der Waals surface area (Å²) in [7, 11) is 4.76. The quantitative estimate of drug-likeness (QED) is 0.651. The maximum Gasteiger partial charge on any atom is 0.257 e. The molecule has 0 aliphatic heterocycles. The number of carbonyl (C=O) groups excluding carboxylic acids is 1. The predicted octanol–water partition coefficient (Wildman–Crippen LogP) is 4.71. The molecule has 0 aliphatic carbocycles. The van der Waals surface area contributed by atoms with Crippen molar-refractivity contribution in [2.75, 3.05) is 26.6 Å². The Kier molecular flexibility index (Phi) is 5.84. The third-order valence-corrected chi connectivity index (χ3v) is 5.28. The fourth-order valence-electron chi connectivity index (χ4n) is 2.85. The number of hydrogen-bond donors (Lipinski definition) is 1. The SMILES string of the molecule is COc1ccc(-c2nc(NC(=O)c3cc(OC)c(C)c(OC)c3)sc2C)cc1. The van der Waals surface area contributed by atoms with Crippen LogP contribution < -0.4 is 19.5 Å². The number of ether oxygens (including phenoxy) is 3. The van der Waals surface area contributed by atoms with E-state index in [1.165, 1.54) is 11.3 Å². The molecule has 0 saturated carbocycles. The van der Waals surface area contributed by atoms with Gasteiger partial charge in [-0.2, -0.15) is 0 Å². The summed E-state index contributed by atoms with van der Waals surface area (Å²) in [4.78, 5) is 18.3. The molecule has 1 aromatic heterocycles. The molecule has 28 heavy (non-hydrogen) atoms. The van der Waals surface area contributed by atoms with Gasteiger partial charge in [0, 0.05) is 21.6 Å². The van der Waals surface area contributed by atoms with Crippen LogP contribution in [0.25, 0.3) is 11.3 Å². The topological polar surface area (TPSA) is 69.7 Å². The number of methoxy groups -OCH3 is 3. The highest BCUT2D eigenvalue weighted by atomic mass is 32.1. The third-order valence-electron chi connectivity index (χ3n) is 4.39. The molecule has 0 aliphatic rings. The van der Waals surface area contributed by atoms with E-state index in [1.807, 2.05) is 38.1 Å². The van der Waals surface area contributed by atoms with Gasteiger partial charge in [-0.25, -0.2) is 4.98 Å². The fraction of sp³-hybridized carbons (Fsp3) is 0.238. The number of anilines is 1. The van der Waals surface area contributed by atoms with Gasteiger partial charge in [0.15, 0.2) is 5.13 Å². The van der Waals surface area contributed by atoms with E-state index >= 15 is 0 Å². The number of carbonyl (C=O) groups is 1. The second-order valence-corrected chi connectivity index (χ2v) is 7.32. The molecule has 0 atom stereocenters. The van der Waals surface area contributed by atoms with Gasteiger partial charge in [0.2, 0.25) is 0 Å². The van der Waals surface area contributed by atoms with Crippen LogP contribution in [0.4, 0.5) is 5.13 Å². The summed E-state index contributed by atoms with van der Waals surface area (Å²) in [6.45, 7) is 3.86. The van der Waals surface area contributed by atoms with Gasteiger partial charge in [0.05, 0.1) is 27.0 Å². The highest BCUT2D eigenvalue weighted by molar-refractivity contribution is 7.16. The number of nitrogens with zero attached hydrogens (tertiary/aromatic N) is 1. The average molecular weight is 398 g/mol. The molecule has 3 aromatic rings. The maximum absolute atomic E-state index is 12.7. The Balaban J connectivity index is 1.85. The van der Waals surface area contributed by atoms with Crippen LogP contribution in [0.5, 0.6) is 17.2 Å². The molecular formula is C21H22N2O4S. The third kappa shape index (κ3) is 3.94. The van der Waals surface area contributed by atoms with Gasteiger partial charge < -0.3 is 14.2 Å². The first-order valence-electron chi connectivity index (χ1n) is 8.62. The van der Waals surface area contributed by atoms with E-state index < -0.39 is 0 Å². The van der Waals surface area contributed by atoms with Crippen LogP contribution in [0.15, 0.2) is 36.4 Å². The lowest BCUT2D eigenvalue weighted by Crippen LogP contribution is -2.12. The number of nitrogens with one attached hydrogen (secondary N) is 1. The first kappa shape index (κ1) is 19.7. The molecule has 6 nitrogen and oxygen atoms in total. The molecule has 0 radical (unpaired) electrons. The van der Waals surface area contributed by atoms with Crippen LogP contribution in [0, 0.1) is 13.8 Å². The minimum atomic E-state index is -0.272. The van der Waals surface area contributed by atoms with Crippen molar-refractivity contribution in [3.05, 3.63) is 52.4 Å². The van der Waals surface area contributed by atoms with Gasteiger partial charge in [-0.1, -0.05) is 0 Å². The molecular weight excluding hydrogens is 376 g/mol. The first-order chi connectivity index (χ1) is 13.5. The van der Waals surface area contributed by atoms with Crippen LogP contribution in [-0.2, 0) is 0 Å². The molecule has 2 aromatic carbocycles. The molecule has 0 saturated heterocycles. The van der Waals surface area contributed by atoms with E-state index in [0.29, 0.717) is 22.2 Å². The summed E-state index contributed by atoms with van der Waals surface area (Å²) in [5.74, 6) is 1.71. The zero-order valence-electron chi connectivity index (χ0n) is 16.5. The van der Waals surface area contributed by atoms with Gasteiger partial charge in [-0.3, -0.25) is 10.1 Å². The van der Waals surface area contributed by atoms with Crippen LogP contribution in [0.1, 0.15) is 20.8 Å². The largest absolute Gasteiger partial charge is 0.497 e. The van der Waals surface area contributed by atoms with Crippen LogP contribution >= 0.6 is 11.3 Å². The lowest BCUT2D eigenvalue weighted by Gasteiger charge is -2.12. The van der Waals surface area contributed by atoms with Crippen LogP contribution in [0.3, 0.4) is 0 Å². The maximum atomic E-state index is 12.7. The number of thiazole rings is 1. The Bertz CT molecular complexity index is 971. The van der Waals surface area contributed by atoms with Crippen molar-refractivity contribution in [2.45, 2.75) is 13.8 Å². The predicted molar refractivity (Wildman–Crippen MR) is 111 cm³/mol. The zero-order valence-corrected chi connectivity index (χ0v) is 17.3. The number of rotatable bonds is 6. The first-order valence-corrected chi connectivity index (χ1v) is 9.44. The highest BCUT2D eigenvalue weighted by Gasteiger charge is 2.16. The monoisotopic (exact) mass is 398 g/mol. The van der Waals surface area contributed by atoms with Crippen molar-refractivity contribution < 1.29 is 19.0 Å². The summed E-state index contributed by atoms with van der Waals surface area (Å²) in [6.07, 6.45) is 0. The minimum Gasteiger partial charge on any atom is -0.497 e. The van der Waals surface area contributed by atoms with E-state index in [2.05, 4.69) is 10.3 Å². The molecule has 0 fully saturated rings. The number of aryl methyl sites for hydroxylation is 1. The van der Waals surface area contributed by atoms with E-state index in [1.54, 1.807) is 33.5 Å². The molecule has 1 heterocycles. The Morgan fingerprint density at radius 1 is 0.964 bits per heavy atom.